The number of hydrogen-bond acceptors (Lipinski definition) is 8. The lowest BCUT2D eigenvalue weighted by atomic mass is 10.0. The Morgan fingerprint density at radius 1 is 0.473 bits per heavy atom. The lowest BCUT2D eigenvalue weighted by molar-refractivity contribution is -0.870. The molecule has 0 heterocycles. The van der Waals surface area contributed by atoms with E-state index >= 15 is 0 Å². The number of carboxylic acids is 1. The highest BCUT2D eigenvalue weighted by molar-refractivity contribution is 5.70. The third kappa shape index (κ3) is 40.3. The summed E-state index contributed by atoms with van der Waals surface area (Å²) in [4.78, 5) is 36.9. The van der Waals surface area contributed by atoms with Crippen molar-refractivity contribution in [3.05, 3.63) is 0 Å². The predicted octanol–water partition coefficient (Wildman–Crippen LogP) is 10.8. The van der Waals surface area contributed by atoms with E-state index in [1.807, 2.05) is 21.1 Å². The van der Waals surface area contributed by atoms with Gasteiger partial charge in [0.15, 0.2) is 12.4 Å². The molecular formula is C46H89NO8. The molecule has 0 saturated carbocycles. The number of carboxylic acid groups (broad SMARTS) is 1. The maximum atomic E-state index is 12.7. The number of carbonyl (C=O) groups is 3. The van der Waals surface area contributed by atoms with Gasteiger partial charge in [-0.15, -0.1) is 0 Å². The van der Waals surface area contributed by atoms with Crippen LogP contribution >= 0.6 is 0 Å². The maximum absolute atomic E-state index is 12.7. The van der Waals surface area contributed by atoms with Crippen molar-refractivity contribution < 1.29 is 42.9 Å². The molecule has 0 aliphatic carbocycles. The van der Waals surface area contributed by atoms with Crippen molar-refractivity contribution in [1.82, 2.24) is 0 Å². The molecule has 0 fully saturated rings. The fourth-order valence-corrected chi connectivity index (χ4v) is 6.71. The van der Waals surface area contributed by atoms with Crippen molar-refractivity contribution in [1.29, 1.82) is 0 Å². The quantitative estimate of drug-likeness (QED) is 0.0260. The Labute approximate surface area is 339 Å². The second kappa shape index (κ2) is 39.1. The van der Waals surface area contributed by atoms with Crippen LogP contribution in [0.1, 0.15) is 219 Å². The first-order valence-corrected chi connectivity index (χ1v) is 23.2. The van der Waals surface area contributed by atoms with Gasteiger partial charge in [0.2, 0.25) is 0 Å². The van der Waals surface area contributed by atoms with Crippen LogP contribution in [0.4, 0.5) is 0 Å². The zero-order valence-electron chi connectivity index (χ0n) is 36.8. The summed E-state index contributed by atoms with van der Waals surface area (Å²) in [5.74, 6) is -2.27. The third-order valence-corrected chi connectivity index (χ3v) is 10.4. The van der Waals surface area contributed by atoms with Crippen LogP contribution in [0.2, 0.25) is 0 Å². The number of esters is 2. The Kier molecular flexibility index (Phi) is 37.9. The number of nitrogens with zero attached hydrogens (tertiary/aromatic N) is 1. The molecule has 326 valence electrons. The molecule has 0 aromatic carbocycles. The molecule has 0 radical (unpaired) electrons. The summed E-state index contributed by atoms with van der Waals surface area (Å²) < 4.78 is 22.5. The van der Waals surface area contributed by atoms with E-state index in [-0.39, 0.29) is 32.2 Å². The fourth-order valence-electron chi connectivity index (χ4n) is 6.71. The summed E-state index contributed by atoms with van der Waals surface area (Å²) in [5.41, 5.74) is 0. The molecular weight excluding hydrogens is 695 g/mol. The number of likely N-dealkylation sites (N-methyl/N-ethyl adjacent to an activating group) is 1. The van der Waals surface area contributed by atoms with Gasteiger partial charge in [0, 0.05) is 12.8 Å². The van der Waals surface area contributed by atoms with Gasteiger partial charge in [-0.25, -0.2) is 0 Å². The van der Waals surface area contributed by atoms with Gasteiger partial charge in [-0.1, -0.05) is 194 Å². The lowest BCUT2D eigenvalue weighted by Gasteiger charge is -2.26. The van der Waals surface area contributed by atoms with E-state index in [4.69, 9.17) is 18.9 Å². The molecule has 2 unspecified atom stereocenters. The normalized spacial score (nSPS) is 12.8. The third-order valence-electron chi connectivity index (χ3n) is 10.4. The van der Waals surface area contributed by atoms with Crippen LogP contribution in [0.3, 0.4) is 0 Å². The number of ether oxygens (including phenoxy) is 4. The van der Waals surface area contributed by atoms with Crippen molar-refractivity contribution in [2.24, 2.45) is 0 Å². The lowest BCUT2D eigenvalue weighted by Crippen LogP contribution is -2.44. The van der Waals surface area contributed by atoms with Gasteiger partial charge in [0.1, 0.15) is 13.2 Å². The zero-order chi connectivity index (χ0) is 40.7. The molecule has 55 heavy (non-hydrogen) atoms. The molecule has 0 aliphatic rings. The molecule has 0 N–H and O–H groups in total. The van der Waals surface area contributed by atoms with E-state index in [1.54, 1.807) is 0 Å². The summed E-state index contributed by atoms with van der Waals surface area (Å²) in [6.45, 7) is 4.76. The average Bonchev–Trinajstić information content (AvgIpc) is 3.14. The smallest absolute Gasteiger partial charge is 0.306 e. The van der Waals surface area contributed by atoms with Crippen LogP contribution in [0.25, 0.3) is 0 Å². The Morgan fingerprint density at radius 3 is 1.16 bits per heavy atom. The maximum Gasteiger partial charge on any atom is 0.306 e. The Balaban J connectivity index is 4.30. The van der Waals surface area contributed by atoms with Gasteiger partial charge >= 0.3 is 11.9 Å². The molecule has 0 rings (SSSR count). The van der Waals surface area contributed by atoms with E-state index in [9.17, 15) is 19.5 Å². The SMILES string of the molecule is CCCCCCCCCCCCCCCCCCCCCCC(=O)OC(COC(=O)CCCCCCCCCCCC)COC(OCC[N+](C)(C)C)C(=O)[O-]. The standard InChI is InChI=1S/C46H89NO8/c1-6-8-10-12-14-16-18-19-20-21-22-23-24-25-26-27-29-31-33-35-37-44(49)55-42(41-54-46(45(50)51)52-39-38-47(3,4)5)40-53-43(48)36-34-32-30-28-17-15-13-11-9-7-2/h42,46H,6-41H2,1-5H3. The van der Waals surface area contributed by atoms with Crippen LogP contribution < -0.4 is 5.11 Å². The molecule has 9 nitrogen and oxygen atoms in total. The molecule has 0 aliphatic heterocycles. The van der Waals surface area contributed by atoms with Crippen LogP contribution in [0.15, 0.2) is 0 Å². The molecule has 0 aromatic rings. The number of quaternary nitrogens is 1. The largest absolute Gasteiger partial charge is 0.545 e. The highest BCUT2D eigenvalue weighted by atomic mass is 16.7. The Morgan fingerprint density at radius 2 is 0.818 bits per heavy atom. The van der Waals surface area contributed by atoms with E-state index < -0.39 is 24.3 Å². The van der Waals surface area contributed by atoms with Crippen molar-refractivity contribution in [3.63, 3.8) is 0 Å². The molecule has 0 spiro atoms. The van der Waals surface area contributed by atoms with Gasteiger partial charge in [-0.3, -0.25) is 9.59 Å². The van der Waals surface area contributed by atoms with Gasteiger partial charge in [0.25, 0.3) is 0 Å². The van der Waals surface area contributed by atoms with E-state index in [0.717, 1.165) is 38.5 Å². The second-order valence-electron chi connectivity index (χ2n) is 17.1. The van der Waals surface area contributed by atoms with Gasteiger partial charge in [-0.05, 0) is 12.8 Å². The highest BCUT2D eigenvalue weighted by Crippen LogP contribution is 2.16. The first-order valence-electron chi connectivity index (χ1n) is 23.2. The Hall–Kier alpha value is -1.71. The predicted molar refractivity (Wildman–Crippen MR) is 224 cm³/mol. The monoisotopic (exact) mass is 784 g/mol. The highest BCUT2D eigenvalue weighted by Gasteiger charge is 2.21. The zero-order valence-corrected chi connectivity index (χ0v) is 36.8. The topological polar surface area (TPSA) is 111 Å². The van der Waals surface area contributed by atoms with E-state index in [2.05, 4.69) is 13.8 Å². The fraction of sp³-hybridized carbons (Fsp3) is 0.935. The minimum Gasteiger partial charge on any atom is -0.545 e. The van der Waals surface area contributed by atoms with Gasteiger partial charge in [0.05, 0.1) is 40.3 Å². The summed E-state index contributed by atoms with van der Waals surface area (Å²) in [5, 5.41) is 11.7. The second-order valence-corrected chi connectivity index (χ2v) is 17.1. The summed E-state index contributed by atoms with van der Waals surface area (Å²) in [6, 6.07) is 0. The van der Waals surface area contributed by atoms with Crippen LogP contribution in [0.5, 0.6) is 0 Å². The summed E-state index contributed by atoms with van der Waals surface area (Å²) >= 11 is 0. The number of rotatable bonds is 43. The first-order chi connectivity index (χ1) is 26.6. The van der Waals surface area contributed by atoms with Crippen LogP contribution in [-0.4, -0.2) is 82.3 Å². The molecule has 9 heteroatoms. The van der Waals surface area contributed by atoms with Crippen molar-refractivity contribution in [2.75, 3.05) is 47.5 Å². The number of aliphatic carboxylic acids is 1. The van der Waals surface area contributed by atoms with E-state index in [0.29, 0.717) is 17.4 Å². The summed E-state index contributed by atoms with van der Waals surface area (Å²) in [6.07, 6.45) is 35.7. The number of hydrogen-bond donors (Lipinski definition) is 0. The Bertz CT molecular complexity index is 876. The number of unbranched alkanes of at least 4 members (excludes halogenated alkanes) is 28. The minimum absolute atomic E-state index is 0.153. The van der Waals surface area contributed by atoms with Crippen molar-refractivity contribution in [2.45, 2.75) is 232 Å². The summed E-state index contributed by atoms with van der Waals surface area (Å²) in [7, 11) is 5.91. The molecule has 0 saturated heterocycles. The molecule has 0 aromatic heterocycles. The number of carbonyl (C=O) groups excluding carboxylic acids is 3. The first kappa shape index (κ1) is 53.3. The van der Waals surface area contributed by atoms with Crippen LogP contribution in [0, 0.1) is 0 Å². The average molecular weight is 784 g/mol. The molecule has 0 amide bonds. The van der Waals surface area contributed by atoms with Crippen molar-refractivity contribution >= 4 is 17.9 Å². The van der Waals surface area contributed by atoms with Crippen molar-refractivity contribution in [3.8, 4) is 0 Å². The van der Waals surface area contributed by atoms with Gasteiger partial charge < -0.3 is 33.3 Å². The van der Waals surface area contributed by atoms with Crippen LogP contribution in [-0.2, 0) is 33.3 Å². The van der Waals surface area contributed by atoms with E-state index in [1.165, 1.54) is 154 Å². The minimum atomic E-state index is -1.61. The molecule has 0 bridgehead atoms. The molecule has 2 atom stereocenters. The van der Waals surface area contributed by atoms with Gasteiger partial charge in [-0.2, -0.15) is 0 Å².